The minimum Gasteiger partial charge on any atom is -0.480 e. The van der Waals surface area contributed by atoms with E-state index in [1.165, 1.54) is 10.5 Å². The second kappa shape index (κ2) is 7.77. The molecule has 1 aromatic carbocycles. The van der Waals surface area contributed by atoms with Crippen molar-refractivity contribution in [3.63, 3.8) is 0 Å². The highest BCUT2D eigenvalue weighted by atomic mass is 16.5. The maximum absolute atomic E-state index is 12.5. The Labute approximate surface area is 142 Å². The smallest absolute Gasteiger partial charge is 0.326 e. The Hall–Kier alpha value is -1.92. The third-order valence-corrected chi connectivity index (χ3v) is 4.73. The van der Waals surface area contributed by atoms with Crippen LogP contribution < -0.4 is 0 Å². The molecular formula is C18H24N2O4. The molecule has 24 heavy (non-hydrogen) atoms. The monoisotopic (exact) mass is 332 g/mol. The van der Waals surface area contributed by atoms with Crippen molar-refractivity contribution < 1.29 is 19.4 Å². The van der Waals surface area contributed by atoms with Crippen molar-refractivity contribution in [1.82, 2.24) is 9.80 Å². The molecule has 0 aromatic heterocycles. The van der Waals surface area contributed by atoms with Gasteiger partial charge in [-0.2, -0.15) is 0 Å². The number of ether oxygens (including phenoxy) is 1. The van der Waals surface area contributed by atoms with Crippen molar-refractivity contribution in [3.05, 3.63) is 35.9 Å². The first kappa shape index (κ1) is 16.9. The lowest BCUT2D eigenvalue weighted by Gasteiger charge is -2.33. The predicted octanol–water partition coefficient (Wildman–Crippen LogP) is 1.35. The van der Waals surface area contributed by atoms with Crippen LogP contribution in [0.5, 0.6) is 0 Å². The Bertz CT molecular complexity index is 578. The summed E-state index contributed by atoms with van der Waals surface area (Å²) in [5.74, 6) is -1.01. The number of carbonyl (C=O) groups is 2. The normalized spacial score (nSPS) is 24.9. The number of hydrogen-bond acceptors (Lipinski definition) is 4. The molecule has 6 heteroatoms. The number of morpholine rings is 1. The zero-order valence-corrected chi connectivity index (χ0v) is 13.8. The highest BCUT2D eigenvalue weighted by molar-refractivity contribution is 5.84. The first-order chi connectivity index (χ1) is 11.6. The molecule has 3 rings (SSSR count). The topological polar surface area (TPSA) is 70.1 Å². The molecule has 0 unspecified atom stereocenters. The van der Waals surface area contributed by atoms with Crippen molar-refractivity contribution in [2.45, 2.75) is 38.0 Å². The SMILES string of the molecule is O=C(O)[C@H]1CCCN1C(=O)C[C@@H]1CN(Cc2ccccc2)CCO1. The van der Waals surface area contributed by atoms with Crippen LogP contribution in [0.3, 0.4) is 0 Å². The van der Waals surface area contributed by atoms with Gasteiger partial charge in [-0.15, -0.1) is 0 Å². The van der Waals surface area contributed by atoms with E-state index in [1.807, 2.05) is 18.2 Å². The van der Waals surface area contributed by atoms with E-state index in [0.29, 0.717) is 26.1 Å². The summed E-state index contributed by atoms with van der Waals surface area (Å²) < 4.78 is 5.74. The van der Waals surface area contributed by atoms with Crippen LogP contribution in [-0.2, 0) is 20.9 Å². The van der Waals surface area contributed by atoms with Crippen molar-refractivity contribution in [1.29, 1.82) is 0 Å². The van der Waals surface area contributed by atoms with Crippen LogP contribution in [0.25, 0.3) is 0 Å². The maximum atomic E-state index is 12.5. The number of likely N-dealkylation sites (tertiary alicyclic amines) is 1. The molecule has 2 saturated heterocycles. The van der Waals surface area contributed by atoms with Crippen molar-refractivity contribution in [3.8, 4) is 0 Å². The van der Waals surface area contributed by atoms with Crippen LogP contribution in [0.4, 0.5) is 0 Å². The van der Waals surface area contributed by atoms with Gasteiger partial charge in [-0.05, 0) is 18.4 Å². The van der Waals surface area contributed by atoms with E-state index < -0.39 is 12.0 Å². The van der Waals surface area contributed by atoms with Gasteiger partial charge in [-0.3, -0.25) is 9.69 Å². The van der Waals surface area contributed by atoms with Gasteiger partial charge in [0.05, 0.1) is 19.1 Å². The van der Waals surface area contributed by atoms with Gasteiger partial charge in [0, 0.05) is 26.2 Å². The molecular weight excluding hydrogens is 308 g/mol. The number of aliphatic carboxylic acids is 1. The van der Waals surface area contributed by atoms with Crippen LogP contribution in [0.2, 0.25) is 0 Å². The molecule has 0 radical (unpaired) electrons. The fourth-order valence-electron chi connectivity index (χ4n) is 3.52. The Kier molecular flexibility index (Phi) is 5.48. The first-order valence-corrected chi connectivity index (χ1v) is 8.53. The summed E-state index contributed by atoms with van der Waals surface area (Å²) in [6.45, 7) is 3.53. The molecule has 1 amide bonds. The summed E-state index contributed by atoms with van der Waals surface area (Å²) >= 11 is 0. The summed E-state index contributed by atoms with van der Waals surface area (Å²) in [6.07, 6.45) is 1.40. The quantitative estimate of drug-likeness (QED) is 0.881. The average molecular weight is 332 g/mol. The van der Waals surface area contributed by atoms with E-state index in [0.717, 1.165) is 19.5 Å². The van der Waals surface area contributed by atoms with E-state index in [9.17, 15) is 14.7 Å². The molecule has 6 nitrogen and oxygen atoms in total. The minimum atomic E-state index is -0.906. The Morgan fingerprint density at radius 3 is 2.75 bits per heavy atom. The number of amides is 1. The second-order valence-corrected chi connectivity index (χ2v) is 6.50. The van der Waals surface area contributed by atoms with Gasteiger partial charge in [-0.1, -0.05) is 30.3 Å². The number of benzene rings is 1. The molecule has 0 saturated carbocycles. The largest absolute Gasteiger partial charge is 0.480 e. The van der Waals surface area contributed by atoms with Crippen LogP contribution in [-0.4, -0.2) is 65.2 Å². The molecule has 1 N–H and O–H groups in total. The molecule has 2 fully saturated rings. The summed E-state index contributed by atoms with van der Waals surface area (Å²) in [4.78, 5) is 27.5. The number of hydrogen-bond donors (Lipinski definition) is 1. The Morgan fingerprint density at radius 2 is 2.00 bits per heavy atom. The molecule has 130 valence electrons. The van der Waals surface area contributed by atoms with E-state index in [1.54, 1.807) is 0 Å². The molecule has 2 heterocycles. The fourth-order valence-corrected chi connectivity index (χ4v) is 3.52. The lowest BCUT2D eigenvalue weighted by molar-refractivity contribution is -0.150. The minimum absolute atomic E-state index is 0.105. The van der Waals surface area contributed by atoms with Crippen LogP contribution in [0.15, 0.2) is 30.3 Å². The van der Waals surface area contributed by atoms with E-state index >= 15 is 0 Å². The summed E-state index contributed by atoms with van der Waals surface area (Å²) in [7, 11) is 0. The summed E-state index contributed by atoms with van der Waals surface area (Å²) in [5.41, 5.74) is 1.25. The van der Waals surface area contributed by atoms with E-state index in [4.69, 9.17) is 4.74 Å². The molecule has 2 aliphatic heterocycles. The van der Waals surface area contributed by atoms with E-state index in [2.05, 4.69) is 17.0 Å². The van der Waals surface area contributed by atoms with Gasteiger partial charge in [0.1, 0.15) is 6.04 Å². The average Bonchev–Trinajstić information content (AvgIpc) is 3.06. The zero-order valence-electron chi connectivity index (χ0n) is 13.8. The van der Waals surface area contributed by atoms with Gasteiger partial charge in [0.25, 0.3) is 0 Å². The molecule has 0 aliphatic carbocycles. The number of carboxylic acid groups (broad SMARTS) is 1. The van der Waals surface area contributed by atoms with Crippen molar-refractivity contribution in [2.24, 2.45) is 0 Å². The third kappa shape index (κ3) is 4.13. The van der Waals surface area contributed by atoms with Crippen LogP contribution >= 0.6 is 0 Å². The van der Waals surface area contributed by atoms with Gasteiger partial charge in [-0.25, -0.2) is 4.79 Å². The highest BCUT2D eigenvalue weighted by Crippen LogP contribution is 2.20. The first-order valence-electron chi connectivity index (χ1n) is 8.53. The third-order valence-electron chi connectivity index (χ3n) is 4.73. The predicted molar refractivity (Wildman–Crippen MR) is 88.4 cm³/mol. The zero-order chi connectivity index (χ0) is 16.9. The van der Waals surface area contributed by atoms with Crippen LogP contribution in [0, 0.1) is 0 Å². The Morgan fingerprint density at radius 1 is 1.21 bits per heavy atom. The van der Waals surface area contributed by atoms with Gasteiger partial charge >= 0.3 is 5.97 Å². The maximum Gasteiger partial charge on any atom is 0.326 e. The van der Waals surface area contributed by atoms with E-state index in [-0.39, 0.29) is 18.4 Å². The Balaban J connectivity index is 1.53. The number of rotatable bonds is 5. The van der Waals surface area contributed by atoms with Gasteiger partial charge in [0.15, 0.2) is 0 Å². The summed E-state index contributed by atoms with van der Waals surface area (Å²) in [5, 5.41) is 9.21. The van der Waals surface area contributed by atoms with Crippen LogP contribution in [0.1, 0.15) is 24.8 Å². The lowest BCUT2D eigenvalue weighted by atomic mass is 10.1. The second-order valence-electron chi connectivity index (χ2n) is 6.50. The number of carboxylic acids is 1. The lowest BCUT2D eigenvalue weighted by Crippen LogP contribution is -2.46. The standard InChI is InChI=1S/C18H24N2O4/c21-17(20-8-4-7-16(20)18(22)23)11-15-13-19(9-10-24-15)12-14-5-2-1-3-6-14/h1-3,5-6,15-16H,4,7-13H2,(H,22,23)/t15-,16-/m1/s1. The van der Waals surface area contributed by atoms with Gasteiger partial charge in [0.2, 0.25) is 5.91 Å². The van der Waals surface area contributed by atoms with Crippen molar-refractivity contribution >= 4 is 11.9 Å². The molecule has 0 spiro atoms. The van der Waals surface area contributed by atoms with Gasteiger partial charge < -0.3 is 14.7 Å². The number of nitrogens with zero attached hydrogens (tertiary/aromatic N) is 2. The molecule has 1 aromatic rings. The fraction of sp³-hybridized carbons (Fsp3) is 0.556. The molecule has 2 aliphatic rings. The summed E-state index contributed by atoms with van der Waals surface area (Å²) in [6, 6.07) is 9.57. The highest BCUT2D eigenvalue weighted by Gasteiger charge is 2.35. The van der Waals surface area contributed by atoms with Crippen molar-refractivity contribution in [2.75, 3.05) is 26.2 Å². The molecule has 2 atom stereocenters. The molecule has 0 bridgehead atoms. The number of carbonyl (C=O) groups excluding carboxylic acids is 1.